The summed E-state index contributed by atoms with van der Waals surface area (Å²) in [5.74, 6) is 1.84. The van der Waals surface area contributed by atoms with Gasteiger partial charge in [0.25, 0.3) is 0 Å². The molecule has 92 valence electrons. The number of thioether (sulfide) groups is 1. The van der Waals surface area contributed by atoms with E-state index in [9.17, 15) is 5.26 Å². The molecule has 2 rings (SSSR count). The van der Waals surface area contributed by atoms with Gasteiger partial charge in [0, 0.05) is 11.7 Å². The van der Waals surface area contributed by atoms with E-state index in [2.05, 4.69) is 29.3 Å². The Kier molecular flexibility index (Phi) is 4.41. The lowest BCUT2D eigenvalue weighted by Crippen LogP contribution is -2.24. The van der Waals surface area contributed by atoms with Crippen LogP contribution in [0.3, 0.4) is 0 Å². The van der Waals surface area contributed by atoms with E-state index >= 15 is 0 Å². The fourth-order valence-corrected chi connectivity index (χ4v) is 4.52. The Bertz CT molecular complexity index is 410. The SMILES string of the molecule is CCc1nsc(SC2CC(C)CCC2C#N)n1. The summed E-state index contributed by atoms with van der Waals surface area (Å²) in [6.45, 7) is 4.34. The third kappa shape index (κ3) is 3.20. The average molecular weight is 267 g/mol. The maximum absolute atomic E-state index is 9.18. The van der Waals surface area contributed by atoms with Crippen LogP contribution in [0.15, 0.2) is 4.34 Å². The second-order valence-electron chi connectivity index (χ2n) is 4.64. The van der Waals surface area contributed by atoms with Crippen molar-refractivity contribution in [1.82, 2.24) is 9.36 Å². The largest absolute Gasteiger partial charge is 0.213 e. The van der Waals surface area contributed by atoms with Crippen molar-refractivity contribution in [2.45, 2.75) is 49.1 Å². The van der Waals surface area contributed by atoms with E-state index in [1.165, 1.54) is 18.0 Å². The molecule has 0 bridgehead atoms. The molecule has 5 heteroatoms. The molecule has 0 aliphatic heterocycles. The van der Waals surface area contributed by atoms with Crippen molar-refractivity contribution in [2.75, 3.05) is 0 Å². The first-order chi connectivity index (χ1) is 8.22. The van der Waals surface area contributed by atoms with Crippen molar-refractivity contribution in [3.8, 4) is 6.07 Å². The molecular formula is C12H17N3S2. The number of aromatic nitrogens is 2. The third-order valence-electron chi connectivity index (χ3n) is 3.24. The molecule has 0 radical (unpaired) electrons. The summed E-state index contributed by atoms with van der Waals surface area (Å²) in [5, 5.41) is 9.59. The molecule has 3 atom stereocenters. The van der Waals surface area contributed by atoms with Crippen LogP contribution in [0.25, 0.3) is 0 Å². The Morgan fingerprint density at radius 2 is 2.35 bits per heavy atom. The third-order valence-corrected chi connectivity index (χ3v) is 5.42. The summed E-state index contributed by atoms with van der Waals surface area (Å²) in [6.07, 6.45) is 4.24. The molecule has 0 saturated heterocycles. The molecule has 1 aliphatic rings. The first-order valence-electron chi connectivity index (χ1n) is 6.11. The number of nitriles is 1. The van der Waals surface area contributed by atoms with Gasteiger partial charge in [-0.05, 0) is 36.7 Å². The van der Waals surface area contributed by atoms with Crippen LogP contribution in [0.1, 0.15) is 38.9 Å². The summed E-state index contributed by atoms with van der Waals surface area (Å²) in [6, 6.07) is 2.45. The fourth-order valence-electron chi connectivity index (χ4n) is 2.17. The Morgan fingerprint density at radius 1 is 1.53 bits per heavy atom. The fraction of sp³-hybridized carbons (Fsp3) is 0.750. The van der Waals surface area contributed by atoms with E-state index in [1.807, 2.05) is 0 Å². The summed E-state index contributed by atoms with van der Waals surface area (Å²) in [5.41, 5.74) is 0. The number of nitrogens with zero attached hydrogens (tertiary/aromatic N) is 3. The van der Waals surface area contributed by atoms with Gasteiger partial charge >= 0.3 is 0 Å². The molecule has 1 saturated carbocycles. The highest BCUT2D eigenvalue weighted by molar-refractivity contribution is 8.01. The lowest BCUT2D eigenvalue weighted by atomic mass is 9.83. The number of rotatable bonds is 3. The number of hydrogen-bond acceptors (Lipinski definition) is 5. The summed E-state index contributed by atoms with van der Waals surface area (Å²) >= 11 is 3.23. The van der Waals surface area contributed by atoms with Gasteiger partial charge < -0.3 is 0 Å². The minimum absolute atomic E-state index is 0.185. The highest BCUT2D eigenvalue weighted by atomic mass is 32.2. The van der Waals surface area contributed by atoms with E-state index in [-0.39, 0.29) is 5.92 Å². The van der Waals surface area contributed by atoms with Gasteiger partial charge in [0.15, 0.2) is 4.34 Å². The molecule has 3 unspecified atom stereocenters. The predicted molar refractivity (Wildman–Crippen MR) is 71.1 cm³/mol. The van der Waals surface area contributed by atoms with Crippen LogP contribution >= 0.6 is 23.3 Å². The van der Waals surface area contributed by atoms with Gasteiger partial charge in [-0.15, -0.1) is 0 Å². The first-order valence-corrected chi connectivity index (χ1v) is 7.77. The first kappa shape index (κ1) is 12.8. The molecule has 1 aromatic rings. The van der Waals surface area contributed by atoms with Crippen LogP contribution in [0.2, 0.25) is 0 Å². The average Bonchev–Trinajstić information content (AvgIpc) is 2.77. The smallest absolute Gasteiger partial charge is 0.170 e. The van der Waals surface area contributed by atoms with Gasteiger partial charge in [-0.2, -0.15) is 9.64 Å². The Morgan fingerprint density at radius 3 is 3.00 bits per heavy atom. The highest BCUT2D eigenvalue weighted by Gasteiger charge is 2.30. The van der Waals surface area contributed by atoms with E-state index in [0.717, 1.165) is 35.3 Å². The van der Waals surface area contributed by atoms with Gasteiger partial charge in [0.1, 0.15) is 5.82 Å². The minimum Gasteiger partial charge on any atom is -0.213 e. The lowest BCUT2D eigenvalue weighted by molar-refractivity contribution is 0.346. The summed E-state index contributed by atoms with van der Waals surface area (Å²) < 4.78 is 5.33. The molecule has 1 aromatic heterocycles. The van der Waals surface area contributed by atoms with Gasteiger partial charge in [-0.1, -0.05) is 25.6 Å². The van der Waals surface area contributed by atoms with Crippen LogP contribution in [-0.4, -0.2) is 14.6 Å². The topological polar surface area (TPSA) is 49.6 Å². The maximum Gasteiger partial charge on any atom is 0.170 e. The van der Waals surface area contributed by atoms with Gasteiger partial charge in [0.05, 0.1) is 12.0 Å². The molecule has 0 spiro atoms. The summed E-state index contributed by atoms with van der Waals surface area (Å²) in [4.78, 5) is 4.48. The van der Waals surface area contributed by atoms with Crippen molar-refractivity contribution in [3.05, 3.63) is 5.82 Å². The molecular weight excluding hydrogens is 250 g/mol. The molecule has 0 N–H and O–H groups in total. The van der Waals surface area contributed by atoms with Crippen molar-refractivity contribution in [2.24, 2.45) is 11.8 Å². The Labute approximate surface area is 111 Å². The molecule has 1 fully saturated rings. The van der Waals surface area contributed by atoms with Crippen molar-refractivity contribution < 1.29 is 0 Å². The predicted octanol–water partition coefficient (Wildman–Crippen LogP) is 3.52. The zero-order chi connectivity index (χ0) is 12.3. The zero-order valence-corrected chi connectivity index (χ0v) is 11.9. The normalized spacial score (nSPS) is 28.9. The monoisotopic (exact) mass is 267 g/mol. The second-order valence-corrected chi connectivity index (χ2v) is 6.88. The highest BCUT2D eigenvalue weighted by Crippen LogP contribution is 2.39. The molecule has 1 aliphatic carbocycles. The molecule has 3 nitrogen and oxygen atoms in total. The Hall–Kier alpha value is -0.600. The minimum atomic E-state index is 0.185. The summed E-state index contributed by atoms with van der Waals surface area (Å²) in [7, 11) is 0. The van der Waals surface area contributed by atoms with Crippen LogP contribution in [0.4, 0.5) is 0 Å². The van der Waals surface area contributed by atoms with Crippen molar-refractivity contribution in [3.63, 3.8) is 0 Å². The Balaban J connectivity index is 2.02. The van der Waals surface area contributed by atoms with Crippen LogP contribution in [0, 0.1) is 23.2 Å². The molecule has 0 aromatic carbocycles. The quantitative estimate of drug-likeness (QED) is 0.840. The van der Waals surface area contributed by atoms with Gasteiger partial charge in [-0.25, -0.2) is 4.98 Å². The maximum atomic E-state index is 9.18. The van der Waals surface area contributed by atoms with E-state index in [4.69, 9.17) is 0 Å². The van der Waals surface area contributed by atoms with Crippen molar-refractivity contribution in [1.29, 1.82) is 5.26 Å². The van der Waals surface area contributed by atoms with Crippen molar-refractivity contribution >= 4 is 23.3 Å². The second kappa shape index (κ2) is 5.83. The van der Waals surface area contributed by atoms with Crippen LogP contribution < -0.4 is 0 Å². The van der Waals surface area contributed by atoms with E-state index in [1.54, 1.807) is 11.8 Å². The van der Waals surface area contributed by atoms with Gasteiger partial charge in [0.2, 0.25) is 0 Å². The lowest BCUT2D eigenvalue weighted by Gasteiger charge is -2.29. The van der Waals surface area contributed by atoms with Gasteiger partial charge in [-0.3, -0.25) is 0 Å². The van der Waals surface area contributed by atoms with E-state index in [0.29, 0.717) is 5.25 Å². The van der Waals surface area contributed by atoms with Crippen LogP contribution in [0.5, 0.6) is 0 Å². The number of hydrogen-bond donors (Lipinski definition) is 0. The van der Waals surface area contributed by atoms with E-state index < -0.39 is 0 Å². The van der Waals surface area contributed by atoms with Crippen LogP contribution in [-0.2, 0) is 6.42 Å². The molecule has 17 heavy (non-hydrogen) atoms. The number of aryl methyl sites for hydroxylation is 1. The molecule has 0 amide bonds. The zero-order valence-electron chi connectivity index (χ0n) is 10.2. The standard InChI is InChI=1S/C12H17N3S2/c1-3-11-14-12(17-15-11)16-10-6-8(2)4-5-9(10)7-13/h8-10H,3-6H2,1-2H3. The molecule has 1 heterocycles.